The molecule has 16 heavy (non-hydrogen) atoms. The highest BCUT2D eigenvalue weighted by Crippen LogP contribution is 2.52. The van der Waals surface area contributed by atoms with Crippen LogP contribution in [0.2, 0.25) is 0 Å². The van der Waals surface area contributed by atoms with Gasteiger partial charge in [0.1, 0.15) is 0 Å². The van der Waals surface area contributed by atoms with Crippen LogP contribution in [0.25, 0.3) is 0 Å². The van der Waals surface area contributed by atoms with Crippen LogP contribution < -0.4 is 8.37 Å². The molecule has 2 N–H and O–H groups in total. The lowest BCUT2D eigenvalue weighted by Crippen LogP contribution is -2.21. The first-order valence-electron chi connectivity index (χ1n) is 3.69. The van der Waals surface area contributed by atoms with E-state index < -0.39 is 44.0 Å². The minimum absolute atomic E-state index is 0.608. The van der Waals surface area contributed by atoms with Crippen LogP contribution >= 0.6 is 0 Å². The third kappa shape index (κ3) is 1.35. The van der Waals surface area contributed by atoms with Crippen molar-refractivity contribution in [2.45, 2.75) is 0 Å². The fraction of sp³-hybridized carbons (Fsp3) is 0. The summed E-state index contributed by atoms with van der Waals surface area (Å²) in [5, 5.41) is 29.0. The largest absolute Gasteiger partial charge is 0.502 e. The molecule has 0 spiro atoms. The van der Waals surface area contributed by atoms with Crippen LogP contribution in [0, 0.1) is 10.1 Å². The van der Waals surface area contributed by atoms with Gasteiger partial charge in [-0.25, -0.2) is 0 Å². The molecular formula is C6H3NO8S. The summed E-state index contributed by atoms with van der Waals surface area (Å²) >= 11 is 0. The zero-order chi connectivity index (χ0) is 12.1. The van der Waals surface area contributed by atoms with E-state index in [4.69, 9.17) is 0 Å². The van der Waals surface area contributed by atoms with Crippen LogP contribution in [0.4, 0.5) is 5.69 Å². The number of hydrogen-bond acceptors (Lipinski definition) is 8. The van der Waals surface area contributed by atoms with Crippen molar-refractivity contribution in [1.29, 1.82) is 0 Å². The van der Waals surface area contributed by atoms with Crippen molar-refractivity contribution in [2.24, 2.45) is 0 Å². The molecule has 1 heterocycles. The first-order valence-corrected chi connectivity index (χ1v) is 5.02. The van der Waals surface area contributed by atoms with E-state index in [0.717, 1.165) is 0 Å². The van der Waals surface area contributed by atoms with Crippen LogP contribution in [-0.2, 0) is 10.4 Å². The molecule has 0 unspecified atom stereocenters. The van der Waals surface area contributed by atoms with Crippen molar-refractivity contribution in [2.75, 3.05) is 0 Å². The maximum absolute atomic E-state index is 10.9. The molecule has 9 nitrogen and oxygen atoms in total. The van der Waals surface area contributed by atoms with Gasteiger partial charge in [0.2, 0.25) is 11.5 Å². The molecule has 0 aromatic heterocycles. The summed E-state index contributed by atoms with van der Waals surface area (Å²) in [6, 6.07) is 0.608. The molecule has 0 amide bonds. The second-order valence-corrected chi connectivity index (χ2v) is 3.90. The molecule has 1 aromatic carbocycles. The summed E-state index contributed by atoms with van der Waals surface area (Å²) in [4.78, 5) is 9.43. The quantitative estimate of drug-likeness (QED) is 0.403. The molecule has 0 saturated carbocycles. The predicted octanol–water partition coefficient (Wildman–Crippen LogP) is 0.0220. The number of aromatic hydroxyl groups is 2. The fourth-order valence-corrected chi connectivity index (χ4v) is 1.89. The number of nitro groups is 1. The minimum atomic E-state index is -4.50. The lowest BCUT2D eigenvalue weighted by molar-refractivity contribution is -0.386. The molecular weight excluding hydrogens is 246 g/mol. The van der Waals surface area contributed by atoms with Gasteiger partial charge in [0.25, 0.3) is 5.75 Å². The first kappa shape index (κ1) is 10.3. The van der Waals surface area contributed by atoms with Crippen LogP contribution in [0.5, 0.6) is 23.0 Å². The molecule has 86 valence electrons. The lowest BCUT2D eigenvalue weighted by Gasteiger charge is -2.16. The maximum atomic E-state index is 10.9. The van der Waals surface area contributed by atoms with Crippen molar-refractivity contribution in [3.8, 4) is 23.0 Å². The Hall–Kier alpha value is -2.23. The Bertz CT molecular complexity index is 591. The van der Waals surface area contributed by atoms with Gasteiger partial charge in [-0.15, -0.1) is 8.42 Å². The predicted molar refractivity (Wildman–Crippen MR) is 46.6 cm³/mol. The Morgan fingerprint density at radius 2 is 1.94 bits per heavy atom. The monoisotopic (exact) mass is 249 g/mol. The fourth-order valence-electron chi connectivity index (χ4n) is 1.15. The van der Waals surface area contributed by atoms with Crippen molar-refractivity contribution in [1.82, 2.24) is 0 Å². The van der Waals surface area contributed by atoms with Gasteiger partial charge in [-0.1, -0.05) is 0 Å². The number of rotatable bonds is 1. The standard InChI is InChI=1S/C6H3NO8S/c8-2-1-3-5(9)6(4(2)7(10)11)15-16(12,13)14-3/h1,8-9H. The second kappa shape index (κ2) is 2.88. The van der Waals surface area contributed by atoms with E-state index in [1.54, 1.807) is 0 Å². The topological polar surface area (TPSA) is 136 Å². The van der Waals surface area contributed by atoms with E-state index in [1.807, 2.05) is 0 Å². The number of nitrogens with zero attached hydrogens (tertiary/aromatic N) is 1. The Morgan fingerprint density at radius 1 is 1.31 bits per heavy atom. The number of benzene rings is 1. The average Bonchev–Trinajstić information content (AvgIpc) is 2.08. The molecule has 10 heteroatoms. The molecule has 1 aliphatic heterocycles. The molecule has 2 bridgehead atoms. The van der Waals surface area contributed by atoms with Gasteiger partial charge >= 0.3 is 16.1 Å². The number of phenols is 2. The third-order valence-corrected chi connectivity index (χ3v) is 2.49. The molecule has 0 saturated heterocycles. The normalized spacial score (nSPS) is 16.0. The lowest BCUT2D eigenvalue weighted by atomic mass is 10.2. The molecule has 0 aliphatic carbocycles. The minimum Gasteiger partial charge on any atom is -0.502 e. The van der Waals surface area contributed by atoms with E-state index in [-0.39, 0.29) is 0 Å². The van der Waals surface area contributed by atoms with Crippen LogP contribution in [0.1, 0.15) is 0 Å². The van der Waals surface area contributed by atoms with E-state index >= 15 is 0 Å². The van der Waals surface area contributed by atoms with Gasteiger partial charge in [-0.3, -0.25) is 10.1 Å². The molecule has 0 radical (unpaired) electrons. The number of nitro benzene ring substituents is 1. The maximum Gasteiger partial charge on any atom is 0.501 e. The zero-order valence-electron chi connectivity index (χ0n) is 7.28. The highest BCUT2D eigenvalue weighted by molar-refractivity contribution is 7.82. The van der Waals surface area contributed by atoms with E-state index in [1.165, 1.54) is 0 Å². The van der Waals surface area contributed by atoms with Crippen molar-refractivity contribution in [3.63, 3.8) is 0 Å². The van der Waals surface area contributed by atoms with Gasteiger partial charge in [0, 0.05) is 6.07 Å². The van der Waals surface area contributed by atoms with Crippen LogP contribution in [-0.4, -0.2) is 23.6 Å². The van der Waals surface area contributed by atoms with Crippen LogP contribution in [0.3, 0.4) is 0 Å². The molecule has 0 atom stereocenters. The summed E-state index contributed by atoms with van der Waals surface area (Å²) in [7, 11) is -4.50. The average molecular weight is 249 g/mol. The Labute approximate surface area is 87.9 Å². The van der Waals surface area contributed by atoms with Crippen molar-refractivity contribution < 1.29 is 31.9 Å². The van der Waals surface area contributed by atoms with E-state index in [0.29, 0.717) is 6.07 Å². The van der Waals surface area contributed by atoms with E-state index in [2.05, 4.69) is 8.37 Å². The van der Waals surface area contributed by atoms with E-state index in [9.17, 15) is 28.7 Å². The smallest absolute Gasteiger partial charge is 0.501 e. The third-order valence-electron chi connectivity index (χ3n) is 1.73. The summed E-state index contributed by atoms with van der Waals surface area (Å²) < 4.78 is 30.1. The first-order chi connectivity index (χ1) is 7.32. The zero-order valence-corrected chi connectivity index (χ0v) is 8.09. The Balaban J connectivity index is 2.80. The van der Waals surface area contributed by atoms with Gasteiger partial charge in [-0.2, -0.15) is 0 Å². The number of hydrogen-bond donors (Lipinski definition) is 2. The van der Waals surface area contributed by atoms with Gasteiger partial charge in [0.15, 0.2) is 5.75 Å². The number of fused-ring (bicyclic) bond motifs is 2. The van der Waals surface area contributed by atoms with Gasteiger partial charge in [-0.05, 0) is 0 Å². The molecule has 2 rings (SSSR count). The summed E-state index contributed by atoms with van der Waals surface area (Å²) in [6.45, 7) is 0. The van der Waals surface area contributed by atoms with Crippen LogP contribution in [0.15, 0.2) is 6.07 Å². The van der Waals surface area contributed by atoms with Crippen molar-refractivity contribution >= 4 is 16.1 Å². The second-order valence-electron chi connectivity index (χ2n) is 2.75. The summed E-state index contributed by atoms with van der Waals surface area (Å²) in [5.41, 5.74) is -1.05. The summed E-state index contributed by atoms with van der Waals surface area (Å²) in [5.74, 6) is -3.34. The summed E-state index contributed by atoms with van der Waals surface area (Å²) in [6.07, 6.45) is 0. The Kier molecular flexibility index (Phi) is 1.85. The number of phenolic OH excluding ortho intramolecular Hbond substituents is 2. The van der Waals surface area contributed by atoms with Gasteiger partial charge in [0.05, 0.1) is 4.92 Å². The highest BCUT2D eigenvalue weighted by atomic mass is 32.3. The SMILES string of the molecule is O=[N+]([O-])c1c(O)cc2c(O)c1OS(=O)(=O)O2. The molecule has 0 fully saturated rings. The Morgan fingerprint density at radius 3 is 2.50 bits per heavy atom. The van der Waals surface area contributed by atoms with Gasteiger partial charge < -0.3 is 18.6 Å². The highest BCUT2D eigenvalue weighted by Gasteiger charge is 2.38. The molecule has 1 aliphatic rings. The molecule has 1 aromatic rings. The van der Waals surface area contributed by atoms with Crippen molar-refractivity contribution in [3.05, 3.63) is 16.2 Å².